The number of ether oxygens (including phenoxy) is 1. The lowest BCUT2D eigenvalue weighted by Crippen LogP contribution is -2.37. The molecule has 0 heterocycles. The molecule has 2 N–H and O–H groups in total. The zero-order valence-electron chi connectivity index (χ0n) is 13.5. The lowest BCUT2D eigenvalue weighted by atomic mass is 10.2. The third kappa shape index (κ3) is 7.75. The number of hydrogen-bond acceptors (Lipinski definition) is 2. The summed E-state index contributed by atoms with van der Waals surface area (Å²) in [5, 5.41) is 6.29. The van der Waals surface area contributed by atoms with Gasteiger partial charge >= 0.3 is 0 Å². The highest BCUT2D eigenvalue weighted by Gasteiger charge is 2.04. The highest BCUT2D eigenvalue weighted by molar-refractivity contribution is 9.10. The van der Waals surface area contributed by atoms with Gasteiger partial charge < -0.3 is 15.4 Å². The molecule has 0 aromatic heterocycles. The van der Waals surface area contributed by atoms with Gasteiger partial charge in [0.1, 0.15) is 5.82 Å². The predicted octanol–water partition coefficient (Wildman–Crippen LogP) is 3.32. The Morgan fingerprint density at radius 2 is 2.14 bits per heavy atom. The predicted molar refractivity (Wildman–Crippen MR) is 92.6 cm³/mol. The first kappa shape index (κ1) is 18.9. The minimum atomic E-state index is -0.228. The molecular weight excluding hydrogens is 349 g/mol. The van der Waals surface area contributed by atoms with Gasteiger partial charge in [-0.25, -0.2) is 4.39 Å². The van der Waals surface area contributed by atoms with Gasteiger partial charge in [0.05, 0.1) is 0 Å². The summed E-state index contributed by atoms with van der Waals surface area (Å²) in [4.78, 5) is 4.12. The molecule has 0 saturated heterocycles. The van der Waals surface area contributed by atoms with Gasteiger partial charge in [0.25, 0.3) is 0 Å². The highest BCUT2D eigenvalue weighted by atomic mass is 79.9. The van der Waals surface area contributed by atoms with E-state index >= 15 is 0 Å². The maximum absolute atomic E-state index is 13.6. The molecule has 6 heteroatoms. The molecule has 4 nitrogen and oxygen atoms in total. The Hall–Kier alpha value is -1.14. The van der Waals surface area contributed by atoms with Crippen molar-refractivity contribution >= 4 is 21.9 Å². The molecule has 1 aromatic carbocycles. The van der Waals surface area contributed by atoms with Crippen molar-refractivity contribution in [3.63, 3.8) is 0 Å². The maximum Gasteiger partial charge on any atom is 0.191 e. The summed E-state index contributed by atoms with van der Waals surface area (Å²) < 4.78 is 20.0. The average Bonchev–Trinajstić information content (AvgIpc) is 2.48. The van der Waals surface area contributed by atoms with Crippen LogP contribution in [-0.2, 0) is 11.3 Å². The van der Waals surface area contributed by atoms with Crippen LogP contribution in [0, 0.1) is 11.7 Å². The zero-order chi connectivity index (χ0) is 16.4. The van der Waals surface area contributed by atoms with Crippen molar-refractivity contribution in [2.75, 3.05) is 26.8 Å². The fraction of sp³-hybridized carbons (Fsp3) is 0.562. The fourth-order valence-corrected chi connectivity index (χ4v) is 2.19. The molecule has 0 bridgehead atoms. The van der Waals surface area contributed by atoms with Gasteiger partial charge in [0.15, 0.2) is 5.96 Å². The summed E-state index contributed by atoms with van der Waals surface area (Å²) in [7, 11) is 1.70. The van der Waals surface area contributed by atoms with Crippen molar-refractivity contribution < 1.29 is 9.13 Å². The molecule has 1 rings (SSSR count). The molecule has 0 aliphatic rings. The molecule has 0 radical (unpaired) electrons. The van der Waals surface area contributed by atoms with Crippen molar-refractivity contribution in [3.8, 4) is 0 Å². The van der Waals surface area contributed by atoms with E-state index in [1.807, 2.05) is 0 Å². The SMILES string of the molecule is CN=C(NCCCOCC(C)C)NCc1cc(Br)ccc1F. The van der Waals surface area contributed by atoms with Gasteiger partial charge in [-0.05, 0) is 30.5 Å². The number of aliphatic imine (C=N–C) groups is 1. The normalized spacial score (nSPS) is 11.8. The molecule has 0 unspecified atom stereocenters. The van der Waals surface area contributed by atoms with E-state index < -0.39 is 0 Å². The first-order valence-corrected chi connectivity index (χ1v) is 8.28. The Morgan fingerprint density at radius 1 is 1.36 bits per heavy atom. The van der Waals surface area contributed by atoms with Crippen LogP contribution in [0.3, 0.4) is 0 Å². The lowest BCUT2D eigenvalue weighted by molar-refractivity contribution is 0.108. The van der Waals surface area contributed by atoms with Gasteiger partial charge in [0.2, 0.25) is 0 Å². The Kier molecular flexibility index (Phi) is 9.08. The fourth-order valence-electron chi connectivity index (χ4n) is 1.78. The molecule has 0 amide bonds. The standard InChI is InChI=1S/C16H25BrFN3O/c1-12(2)11-22-8-4-7-20-16(19-3)21-10-13-9-14(17)5-6-15(13)18/h5-6,9,12H,4,7-8,10-11H2,1-3H3,(H2,19,20,21). The molecule has 0 saturated carbocycles. The van der Waals surface area contributed by atoms with Crippen LogP contribution in [0.2, 0.25) is 0 Å². The topological polar surface area (TPSA) is 45.7 Å². The first-order chi connectivity index (χ1) is 10.5. The molecular formula is C16H25BrFN3O. The van der Waals surface area contributed by atoms with Gasteiger partial charge in [-0.3, -0.25) is 4.99 Å². The monoisotopic (exact) mass is 373 g/mol. The van der Waals surface area contributed by atoms with E-state index in [1.165, 1.54) is 6.07 Å². The van der Waals surface area contributed by atoms with E-state index in [0.29, 0.717) is 24.0 Å². The Bertz CT molecular complexity index is 480. The molecule has 0 atom stereocenters. The second-order valence-corrected chi connectivity index (χ2v) is 6.33. The largest absolute Gasteiger partial charge is 0.381 e. The molecule has 0 aliphatic heterocycles. The van der Waals surface area contributed by atoms with Crippen molar-refractivity contribution in [1.82, 2.24) is 10.6 Å². The van der Waals surface area contributed by atoms with Crippen LogP contribution in [-0.4, -0.2) is 32.8 Å². The van der Waals surface area contributed by atoms with Gasteiger partial charge in [-0.15, -0.1) is 0 Å². The van der Waals surface area contributed by atoms with Gasteiger partial charge in [-0.2, -0.15) is 0 Å². The summed E-state index contributed by atoms with van der Waals surface area (Å²) in [6.07, 6.45) is 0.901. The molecule has 0 spiro atoms. The van der Waals surface area contributed by atoms with Crippen LogP contribution in [0.1, 0.15) is 25.8 Å². The van der Waals surface area contributed by atoms with Gasteiger partial charge in [0, 0.05) is 43.4 Å². The van der Waals surface area contributed by atoms with Crippen molar-refractivity contribution in [3.05, 3.63) is 34.1 Å². The van der Waals surface area contributed by atoms with E-state index in [0.717, 1.165) is 30.7 Å². The summed E-state index contributed by atoms with van der Waals surface area (Å²) in [6, 6.07) is 4.89. The zero-order valence-corrected chi connectivity index (χ0v) is 15.0. The van der Waals surface area contributed by atoms with E-state index in [-0.39, 0.29) is 5.82 Å². The van der Waals surface area contributed by atoms with E-state index in [1.54, 1.807) is 19.2 Å². The number of benzene rings is 1. The van der Waals surface area contributed by atoms with Crippen LogP contribution in [0.25, 0.3) is 0 Å². The van der Waals surface area contributed by atoms with E-state index in [9.17, 15) is 4.39 Å². The minimum Gasteiger partial charge on any atom is -0.381 e. The van der Waals surface area contributed by atoms with Crippen LogP contribution < -0.4 is 10.6 Å². The van der Waals surface area contributed by atoms with E-state index in [2.05, 4.69) is 45.4 Å². The number of guanidine groups is 1. The van der Waals surface area contributed by atoms with Crippen molar-refractivity contribution in [2.45, 2.75) is 26.8 Å². The average molecular weight is 374 g/mol. The number of halogens is 2. The first-order valence-electron chi connectivity index (χ1n) is 7.49. The Morgan fingerprint density at radius 3 is 2.82 bits per heavy atom. The quantitative estimate of drug-likeness (QED) is 0.417. The number of nitrogens with one attached hydrogen (secondary N) is 2. The van der Waals surface area contributed by atoms with Crippen LogP contribution in [0.4, 0.5) is 4.39 Å². The summed E-state index contributed by atoms with van der Waals surface area (Å²) >= 11 is 3.34. The second kappa shape index (κ2) is 10.6. The van der Waals surface area contributed by atoms with Crippen LogP contribution >= 0.6 is 15.9 Å². The maximum atomic E-state index is 13.6. The molecule has 22 heavy (non-hydrogen) atoms. The number of rotatable bonds is 8. The summed E-state index contributed by atoms with van der Waals surface area (Å²) in [5.41, 5.74) is 0.595. The lowest BCUT2D eigenvalue weighted by Gasteiger charge is -2.13. The van der Waals surface area contributed by atoms with Crippen molar-refractivity contribution in [2.24, 2.45) is 10.9 Å². The Balaban J connectivity index is 2.27. The van der Waals surface area contributed by atoms with Crippen molar-refractivity contribution in [1.29, 1.82) is 0 Å². The summed E-state index contributed by atoms with van der Waals surface area (Å²) in [5.74, 6) is 0.985. The van der Waals surface area contributed by atoms with Crippen LogP contribution in [0.5, 0.6) is 0 Å². The Labute approximate surface area is 140 Å². The smallest absolute Gasteiger partial charge is 0.191 e. The summed E-state index contributed by atoms with van der Waals surface area (Å²) in [6.45, 7) is 6.92. The van der Waals surface area contributed by atoms with Crippen LogP contribution in [0.15, 0.2) is 27.7 Å². The number of hydrogen-bond donors (Lipinski definition) is 2. The highest BCUT2D eigenvalue weighted by Crippen LogP contribution is 2.15. The third-order valence-electron chi connectivity index (χ3n) is 2.89. The van der Waals surface area contributed by atoms with E-state index in [4.69, 9.17) is 4.74 Å². The minimum absolute atomic E-state index is 0.228. The second-order valence-electron chi connectivity index (χ2n) is 5.41. The number of nitrogens with zero attached hydrogens (tertiary/aromatic N) is 1. The molecule has 0 aliphatic carbocycles. The third-order valence-corrected chi connectivity index (χ3v) is 3.38. The molecule has 1 aromatic rings. The molecule has 124 valence electrons. The van der Waals surface area contributed by atoms with Gasteiger partial charge in [-0.1, -0.05) is 29.8 Å². The molecule has 0 fully saturated rings.